The maximum Gasteiger partial charge on any atom is 0.277 e. The quantitative estimate of drug-likeness (QED) is 0.686. The van der Waals surface area contributed by atoms with Gasteiger partial charge in [-0.15, -0.1) is 10.2 Å². The summed E-state index contributed by atoms with van der Waals surface area (Å²) in [6.45, 7) is 0. The van der Waals surface area contributed by atoms with Gasteiger partial charge in [-0.3, -0.25) is 4.79 Å². The predicted octanol–water partition coefficient (Wildman–Crippen LogP) is 4.26. The zero-order valence-electron chi connectivity index (χ0n) is 12.2. The normalized spacial score (nSPS) is 10.6. The third-order valence-corrected chi connectivity index (χ3v) is 4.09. The fourth-order valence-corrected chi connectivity index (χ4v) is 2.65. The smallest absolute Gasteiger partial charge is 0.277 e. The summed E-state index contributed by atoms with van der Waals surface area (Å²) in [4.78, 5) is 11.9. The Hall–Kier alpha value is -2.38. The number of rotatable bonds is 5. The van der Waals surface area contributed by atoms with Crippen molar-refractivity contribution in [3.63, 3.8) is 0 Å². The second-order valence-corrected chi connectivity index (χ2v) is 6.03. The molecule has 5 nitrogen and oxygen atoms in total. The van der Waals surface area contributed by atoms with E-state index in [0.29, 0.717) is 11.6 Å². The van der Waals surface area contributed by atoms with Crippen LogP contribution in [0.15, 0.2) is 58.2 Å². The number of carbonyl (C=O) groups excluding carboxylic acids is 1. The van der Waals surface area contributed by atoms with Gasteiger partial charge in [-0.05, 0) is 30.3 Å². The number of amides is 1. The van der Waals surface area contributed by atoms with Crippen molar-refractivity contribution in [2.75, 3.05) is 11.1 Å². The summed E-state index contributed by atoms with van der Waals surface area (Å²) in [7, 11) is 0. The van der Waals surface area contributed by atoms with Crippen molar-refractivity contribution in [2.24, 2.45) is 0 Å². The monoisotopic (exact) mass is 363 g/mol. The number of nitrogens with zero attached hydrogens (tertiary/aromatic N) is 2. The Morgan fingerprint density at radius 2 is 2.00 bits per heavy atom. The van der Waals surface area contributed by atoms with E-state index in [4.69, 9.17) is 16.0 Å². The van der Waals surface area contributed by atoms with Crippen molar-refractivity contribution in [1.82, 2.24) is 10.2 Å². The molecule has 0 aliphatic carbocycles. The van der Waals surface area contributed by atoms with Gasteiger partial charge in [0.05, 0.1) is 16.5 Å². The van der Waals surface area contributed by atoms with Crippen molar-refractivity contribution < 1.29 is 13.6 Å². The van der Waals surface area contributed by atoms with E-state index in [9.17, 15) is 9.18 Å². The van der Waals surface area contributed by atoms with Gasteiger partial charge in [-0.2, -0.15) is 0 Å². The lowest BCUT2D eigenvalue weighted by molar-refractivity contribution is -0.113. The topological polar surface area (TPSA) is 68.0 Å². The molecule has 0 saturated carbocycles. The Kier molecular flexibility index (Phi) is 5.12. The molecule has 0 radical (unpaired) electrons. The molecule has 0 bridgehead atoms. The van der Waals surface area contributed by atoms with E-state index in [1.54, 1.807) is 0 Å². The first kappa shape index (κ1) is 16.5. The van der Waals surface area contributed by atoms with Crippen molar-refractivity contribution in [3.8, 4) is 11.5 Å². The average Bonchev–Trinajstić information content (AvgIpc) is 3.05. The molecule has 3 aromatic rings. The summed E-state index contributed by atoms with van der Waals surface area (Å²) >= 11 is 6.96. The maximum absolute atomic E-state index is 13.0. The number of anilines is 1. The molecule has 1 amide bonds. The lowest BCUT2D eigenvalue weighted by Crippen LogP contribution is -2.14. The van der Waals surface area contributed by atoms with E-state index in [1.807, 2.05) is 30.3 Å². The van der Waals surface area contributed by atoms with Gasteiger partial charge in [0, 0.05) is 5.56 Å². The molecular formula is C16H11ClFN3O2S. The van der Waals surface area contributed by atoms with E-state index in [0.717, 1.165) is 23.4 Å². The van der Waals surface area contributed by atoms with Gasteiger partial charge in [0.15, 0.2) is 0 Å². The highest BCUT2D eigenvalue weighted by atomic mass is 35.5. The average molecular weight is 364 g/mol. The second kappa shape index (κ2) is 7.46. The minimum Gasteiger partial charge on any atom is -0.411 e. The van der Waals surface area contributed by atoms with Crippen molar-refractivity contribution in [3.05, 3.63) is 59.4 Å². The summed E-state index contributed by atoms with van der Waals surface area (Å²) < 4.78 is 18.5. The van der Waals surface area contributed by atoms with Crippen LogP contribution in [0.2, 0.25) is 5.02 Å². The van der Waals surface area contributed by atoms with Gasteiger partial charge in [-0.25, -0.2) is 4.39 Å². The maximum atomic E-state index is 13.0. The number of aromatic nitrogens is 2. The molecule has 1 aromatic heterocycles. The molecule has 0 saturated heterocycles. The van der Waals surface area contributed by atoms with Crippen LogP contribution in [0.5, 0.6) is 0 Å². The van der Waals surface area contributed by atoms with E-state index in [2.05, 4.69) is 15.5 Å². The van der Waals surface area contributed by atoms with Crippen LogP contribution in [0.25, 0.3) is 11.5 Å². The molecular weight excluding hydrogens is 353 g/mol. The van der Waals surface area contributed by atoms with Crippen LogP contribution in [0, 0.1) is 5.82 Å². The largest absolute Gasteiger partial charge is 0.411 e. The molecule has 1 N–H and O–H groups in total. The van der Waals surface area contributed by atoms with E-state index in [-0.39, 0.29) is 21.9 Å². The molecule has 8 heteroatoms. The van der Waals surface area contributed by atoms with Crippen LogP contribution in [0.4, 0.5) is 10.1 Å². The Bertz CT molecular complexity index is 858. The fourth-order valence-electron chi connectivity index (χ4n) is 1.87. The summed E-state index contributed by atoms with van der Waals surface area (Å²) in [6.07, 6.45) is 0. The fraction of sp³-hybridized carbons (Fsp3) is 0.0625. The first-order valence-electron chi connectivity index (χ1n) is 6.88. The van der Waals surface area contributed by atoms with Crippen molar-refractivity contribution in [1.29, 1.82) is 0 Å². The lowest BCUT2D eigenvalue weighted by Gasteiger charge is -2.06. The first-order chi connectivity index (χ1) is 11.6. The highest BCUT2D eigenvalue weighted by Gasteiger charge is 2.12. The summed E-state index contributed by atoms with van der Waals surface area (Å²) in [5.41, 5.74) is 1.15. The molecule has 24 heavy (non-hydrogen) atoms. The SMILES string of the molecule is O=C(CSc1nnc(-c2ccccc2)o1)Nc1ccc(F)cc1Cl. The van der Waals surface area contributed by atoms with E-state index >= 15 is 0 Å². The first-order valence-corrected chi connectivity index (χ1v) is 8.25. The molecule has 3 rings (SSSR count). The van der Waals surface area contributed by atoms with E-state index in [1.165, 1.54) is 12.1 Å². The number of thioether (sulfide) groups is 1. The molecule has 2 aromatic carbocycles. The minimum absolute atomic E-state index is 0.0597. The van der Waals surface area contributed by atoms with Crippen LogP contribution in [0.1, 0.15) is 0 Å². The van der Waals surface area contributed by atoms with Gasteiger partial charge in [0.2, 0.25) is 11.8 Å². The van der Waals surface area contributed by atoms with Crippen molar-refractivity contribution >= 4 is 35.0 Å². The Morgan fingerprint density at radius 3 is 2.75 bits per heavy atom. The third kappa shape index (κ3) is 4.12. The van der Waals surface area contributed by atoms with Crippen molar-refractivity contribution in [2.45, 2.75) is 5.22 Å². The molecule has 0 fully saturated rings. The second-order valence-electron chi connectivity index (χ2n) is 4.70. The van der Waals surface area contributed by atoms with Gasteiger partial charge < -0.3 is 9.73 Å². The number of nitrogens with one attached hydrogen (secondary N) is 1. The molecule has 1 heterocycles. The standard InChI is InChI=1S/C16H11ClFN3O2S/c17-12-8-11(18)6-7-13(12)19-14(22)9-24-16-21-20-15(23-16)10-4-2-1-3-5-10/h1-8H,9H2,(H,19,22). The lowest BCUT2D eigenvalue weighted by atomic mass is 10.2. The highest BCUT2D eigenvalue weighted by Crippen LogP contribution is 2.25. The molecule has 0 atom stereocenters. The van der Waals surface area contributed by atoms with Crippen LogP contribution in [-0.4, -0.2) is 21.9 Å². The number of hydrogen-bond donors (Lipinski definition) is 1. The third-order valence-electron chi connectivity index (χ3n) is 2.96. The number of carbonyl (C=O) groups is 1. The Labute approximate surface area is 146 Å². The van der Waals surface area contributed by atoms with Gasteiger partial charge in [0.25, 0.3) is 5.22 Å². The molecule has 0 aliphatic rings. The van der Waals surface area contributed by atoms with Gasteiger partial charge >= 0.3 is 0 Å². The Morgan fingerprint density at radius 1 is 1.21 bits per heavy atom. The molecule has 0 unspecified atom stereocenters. The predicted molar refractivity (Wildman–Crippen MR) is 90.5 cm³/mol. The highest BCUT2D eigenvalue weighted by molar-refractivity contribution is 7.99. The van der Waals surface area contributed by atoms with Crippen LogP contribution >= 0.6 is 23.4 Å². The molecule has 0 aliphatic heterocycles. The number of halogens is 2. The van der Waals surface area contributed by atoms with Gasteiger partial charge in [-0.1, -0.05) is 41.6 Å². The molecule has 0 spiro atoms. The van der Waals surface area contributed by atoms with E-state index < -0.39 is 5.82 Å². The summed E-state index contributed by atoms with van der Waals surface area (Å²) in [5, 5.41) is 10.9. The van der Waals surface area contributed by atoms with Crippen LogP contribution in [0.3, 0.4) is 0 Å². The number of benzene rings is 2. The molecule has 122 valence electrons. The minimum atomic E-state index is -0.466. The van der Waals surface area contributed by atoms with Gasteiger partial charge in [0.1, 0.15) is 5.82 Å². The zero-order chi connectivity index (χ0) is 16.9. The van der Waals surface area contributed by atoms with Crippen LogP contribution < -0.4 is 5.32 Å². The number of hydrogen-bond acceptors (Lipinski definition) is 5. The Balaban J connectivity index is 1.58. The summed E-state index contributed by atoms with van der Waals surface area (Å²) in [6, 6.07) is 13.1. The van der Waals surface area contributed by atoms with Crippen LogP contribution in [-0.2, 0) is 4.79 Å². The zero-order valence-corrected chi connectivity index (χ0v) is 13.8. The summed E-state index contributed by atoms with van der Waals surface area (Å²) in [5.74, 6) is -0.329.